The van der Waals surface area contributed by atoms with Crippen LogP contribution in [0.5, 0.6) is 5.75 Å². The van der Waals surface area contributed by atoms with Crippen LogP contribution < -0.4 is 10.2 Å². The van der Waals surface area contributed by atoms with E-state index in [1.54, 1.807) is 36.4 Å². The van der Waals surface area contributed by atoms with Crippen LogP contribution >= 0.6 is 11.6 Å². The maximum Gasteiger partial charge on any atom is 0.513 e. The minimum atomic E-state index is -0.802. The molecule has 128 valence electrons. The van der Waals surface area contributed by atoms with Crippen LogP contribution in [0.15, 0.2) is 57.7 Å². The van der Waals surface area contributed by atoms with Crippen molar-refractivity contribution in [1.29, 1.82) is 0 Å². The monoisotopic (exact) mass is 358 g/mol. The van der Waals surface area contributed by atoms with E-state index in [1.807, 2.05) is 6.92 Å². The highest BCUT2D eigenvalue weighted by Crippen LogP contribution is 2.25. The van der Waals surface area contributed by atoms with Crippen LogP contribution in [-0.2, 0) is 4.74 Å². The Labute approximate surface area is 148 Å². The molecule has 2 aromatic carbocycles. The van der Waals surface area contributed by atoms with E-state index in [0.717, 1.165) is 5.56 Å². The SMILES string of the molecule is CCCOC(=O)Oc1ccc2oc(-c3ccc(Cl)cc3)cc(=O)c2c1. The first-order chi connectivity index (χ1) is 12.1. The molecule has 25 heavy (non-hydrogen) atoms. The number of carbonyl (C=O) groups is 1. The molecule has 0 spiro atoms. The lowest BCUT2D eigenvalue weighted by Gasteiger charge is -2.07. The molecule has 6 heteroatoms. The van der Waals surface area contributed by atoms with Crippen molar-refractivity contribution in [3.8, 4) is 17.1 Å². The molecule has 0 unspecified atom stereocenters. The standard InChI is InChI=1S/C19H15ClO5/c1-2-9-23-19(22)24-14-7-8-17-15(10-14)16(21)11-18(25-17)12-3-5-13(20)6-4-12/h3-8,10-11H,2,9H2,1H3. The summed E-state index contributed by atoms with van der Waals surface area (Å²) in [7, 11) is 0. The second kappa shape index (κ2) is 7.40. The molecular formula is C19H15ClO5. The quantitative estimate of drug-likeness (QED) is 0.483. The zero-order valence-corrected chi connectivity index (χ0v) is 14.2. The predicted octanol–water partition coefficient (Wildman–Crippen LogP) is 5.04. The molecule has 5 nitrogen and oxygen atoms in total. The molecule has 3 aromatic rings. The van der Waals surface area contributed by atoms with Gasteiger partial charge in [0.1, 0.15) is 17.1 Å². The molecule has 0 aliphatic carbocycles. The number of hydrogen-bond donors (Lipinski definition) is 0. The zero-order chi connectivity index (χ0) is 17.8. The van der Waals surface area contributed by atoms with E-state index in [4.69, 9.17) is 25.5 Å². The van der Waals surface area contributed by atoms with Gasteiger partial charge in [0.05, 0.1) is 12.0 Å². The third-order valence-electron chi connectivity index (χ3n) is 3.45. The normalized spacial score (nSPS) is 10.6. The van der Waals surface area contributed by atoms with Crippen molar-refractivity contribution in [3.63, 3.8) is 0 Å². The Morgan fingerprint density at radius 2 is 1.88 bits per heavy atom. The number of hydrogen-bond acceptors (Lipinski definition) is 5. The number of halogens is 1. The molecule has 0 aliphatic heterocycles. The van der Waals surface area contributed by atoms with Crippen molar-refractivity contribution in [2.24, 2.45) is 0 Å². The van der Waals surface area contributed by atoms with Gasteiger partial charge in [-0.2, -0.15) is 0 Å². The van der Waals surface area contributed by atoms with Gasteiger partial charge in [-0.05, 0) is 48.9 Å². The summed E-state index contributed by atoms with van der Waals surface area (Å²) in [5.41, 5.74) is 0.900. The first-order valence-electron chi connectivity index (χ1n) is 7.75. The molecule has 0 saturated carbocycles. The molecule has 0 saturated heterocycles. The number of carbonyl (C=O) groups excluding carboxylic acids is 1. The fourth-order valence-corrected chi connectivity index (χ4v) is 2.39. The highest BCUT2D eigenvalue weighted by atomic mass is 35.5. The molecule has 3 rings (SSSR count). The van der Waals surface area contributed by atoms with E-state index in [-0.39, 0.29) is 17.8 Å². The van der Waals surface area contributed by atoms with Crippen molar-refractivity contribution in [1.82, 2.24) is 0 Å². The molecule has 1 aromatic heterocycles. The topological polar surface area (TPSA) is 65.7 Å². The number of rotatable bonds is 4. The Balaban J connectivity index is 1.92. The van der Waals surface area contributed by atoms with Crippen molar-refractivity contribution in [2.75, 3.05) is 6.61 Å². The maximum atomic E-state index is 12.4. The maximum absolute atomic E-state index is 12.4. The number of benzene rings is 2. The molecule has 0 N–H and O–H groups in total. The summed E-state index contributed by atoms with van der Waals surface area (Å²) in [5.74, 6) is 0.658. The predicted molar refractivity (Wildman–Crippen MR) is 95.2 cm³/mol. The van der Waals surface area contributed by atoms with Gasteiger partial charge in [0.25, 0.3) is 0 Å². The Morgan fingerprint density at radius 1 is 1.12 bits per heavy atom. The van der Waals surface area contributed by atoms with Crippen LogP contribution in [0.4, 0.5) is 4.79 Å². The summed E-state index contributed by atoms with van der Waals surface area (Å²) in [6.45, 7) is 2.16. The Bertz CT molecular complexity index is 960. The summed E-state index contributed by atoms with van der Waals surface area (Å²) < 4.78 is 15.7. The van der Waals surface area contributed by atoms with Crippen LogP contribution in [0.1, 0.15) is 13.3 Å². The summed E-state index contributed by atoms with van der Waals surface area (Å²) in [6.07, 6.45) is -0.104. The Kier molecular flexibility index (Phi) is 5.05. The van der Waals surface area contributed by atoms with Crippen molar-refractivity contribution >= 4 is 28.7 Å². The van der Waals surface area contributed by atoms with Gasteiger partial charge in [-0.15, -0.1) is 0 Å². The van der Waals surface area contributed by atoms with E-state index in [9.17, 15) is 9.59 Å². The second-order valence-corrected chi connectivity index (χ2v) is 5.78. The largest absolute Gasteiger partial charge is 0.513 e. The lowest BCUT2D eigenvalue weighted by molar-refractivity contribution is 0.0992. The van der Waals surface area contributed by atoms with Crippen LogP contribution in [-0.4, -0.2) is 12.8 Å². The number of fused-ring (bicyclic) bond motifs is 1. The highest BCUT2D eigenvalue weighted by molar-refractivity contribution is 6.30. The third kappa shape index (κ3) is 4.00. The van der Waals surface area contributed by atoms with Gasteiger partial charge in [-0.3, -0.25) is 4.79 Å². The molecule has 0 radical (unpaired) electrons. The van der Waals surface area contributed by atoms with Crippen LogP contribution in [0.2, 0.25) is 5.02 Å². The molecule has 0 fully saturated rings. The van der Waals surface area contributed by atoms with Gasteiger partial charge >= 0.3 is 6.16 Å². The smallest absolute Gasteiger partial charge is 0.456 e. The van der Waals surface area contributed by atoms with E-state index in [1.165, 1.54) is 12.1 Å². The molecule has 0 atom stereocenters. The van der Waals surface area contributed by atoms with Gasteiger partial charge in [0.2, 0.25) is 0 Å². The van der Waals surface area contributed by atoms with Crippen molar-refractivity contribution < 1.29 is 18.7 Å². The molecular weight excluding hydrogens is 344 g/mol. The summed E-state index contributed by atoms with van der Waals surface area (Å²) >= 11 is 5.87. The van der Waals surface area contributed by atoms with E-state index < -0.39 is 6.16 Å². The van der Waals surface area contributed by atoms with E-state index >= 15 is 0 Å². The average Bonchev–Trinajstić information content (AvgIpc) is 2.61. The van der Waals surface area contributed by atoms with E-state index in [2.05, 4.69) is 0 Å². The van der Waals surface area contributed by atoms with Crippen LogP contribution in [0.3, 0.4) is 0 Å². The zero-order valence-electron chi connectivity index (χ0n) is 13.5. The molecule has 0 aliphatic rings. The summed E-state index contributed by atoms with van der Waals surface area (Å²) in [5, 5.41) is 0.919. The van der Waals surface area contributed by atoms with Gasteiger partial charge in [0.15, 0.2) is 5.43 Å². The first-order valence-corrected chi connectivity index (χ1v) is 8.13. The highest BCUT2D eigenvalue weighted by Gasteiger charge is 2.11. The van der Waals surface area contributed by atoms with E-state index in [0.29, 0.717) is 28.2 Å². The van der Waals surface area contributed by atoms with Gasteiger partial charge < -0.3 is 13.9 Å². The molecule has 1 heterocycles. The first kappa shape index (κ1) is 17.0. The molecule has 0 amide bonds. The van der Waals surface area contributed by atoms with Crippen molar-refractivity contribution in [2.45, 2.75) is 13.3 Å². The van der Waals surface area contributed by atoms with Gasteiger partial charge in [-0.25, -0.2) is 4.79 Å². The average molecular weight is 359 g/mol. The fourth-order valence-electron chi connectivity index (χ4n) is 2.27. The minimum absolute atomic E-state index is 0.222. The summed E-state index contributed by atoms with van der Waals surface area (Å²) in [6, 6.07) is 13.0. The summed E-state index contributed by atoms with van der Waals surface area (Å²) in [4.78, 5) is 23.9. The Morgan fingerprint density at radius 3 is 2.60 bits per heavy atom. The third-order valence-corrected chi connectivity index (χ3v) is 3.70. The van der Waals surface area contributed by atoms with Gasteiger partial charge in [-0.1, -0.05) is 18.5 Å². The van der Waals surface area contributed by atoms with Crippen LogP contribution in [0, 0.1) is 0 Å². The van der Waals surface area contributed by atoms with Gasteiger partial charge in [0, 0.05) is 16.7 Å². The van der Waals surface area contributed by atoms with Crippen molar-refractivity contribution in [3.05, 3.63) is 63.8 Å². The lowest BCUT2D eigenvalue weighted by Crippen LogP contribution is -2.11. The number of ether oxygens (including phenoxy) is 2. The fraction of sp³-hybridized carbons (Fsp3) is 0.158. The second-order valence-electron chi connectivity index (χ2n) is 5.34. The lowest BCUT2D eigenvalue weighted by atomic mass is 10.1. The van der Waals surface area contributed by atoms with Crippen LogP contribution in [0.25, 0.3) is 22.3 Å². The minimum Gasteiger partial charge on any atom is -0.456 e. The molecule has 0 bridgehead atoms. The Hall–Kier alpha value is -2.79.